The number of imidazole rings is 1. The normalized spacial score (nSPS) is 22.4. The predicted octanol–water partition coefficient (Wildman–Crippen LogP) is 2.40. The zero-order valence-electron chi connectivity index (χ0n) is 8.09. The smallest absolute Gasteiger partial charge is 0.112 e. The van der Waals surface area contributed by atoms with Gasteiger partial charge in [0.1, 0.15) is 5.82 Å². The fourth-order valence-corrected chi connectivity index (χ4v) is 2.02. The molecule has 0 fully saturated rings. The summed E-state index contributed by atoms with van der Waals surface area (Å²) in [7, 11) is 0. The molecule has 2 rings (SSSR count). The van der Waals surface area contributed by atoms with Crippen LogP contribution in [0.2, 0.25) is 0 Å². The third-order valence-electron chi connectivity index (χ3n) is 2.95. The molecule has 12 heavy (non-hydrogen) atoms. The van der Waals surface area contributed by atoms with Crippen molar-refractivity contribution in [1.29, 1.82) is 0 Å². The van der Waals surface area contributed by atoms with E-state index in [2.05, 4.69) is 30.3 Å². The van der Waals surface area contributed by atoms with Crippen molar-refractivity contribution in [1.82, 2.24) is 9.55 Å². The molecular weight excluding hydrogens is 148 g/mol. The maximum atomic E-state index is 4.59. The van der Waals surface area contributed by atoms with Crippen molar-refractivity contribution in [3.8, 4) is 0 Å². The Bertz CT molecular complexity index is 299. The van der Waals surface area contributed by atoms with Gasteiger partial charge in [-0.3, -0.25) is 0 Å². The molecule has 0 saturated carbocycles. The monoisotopic (exact) mass is 164 g/mol. The van der Waals surface area contributed by atoms with Crippen LogP contribution < -0.4 is 0 Å². The van der Waals surface area contributed by atoms with E-state index in [0.717, 1.165) is 0 Å². The molecule has 0 bridgehead atoms. The molecule has 1 aromatic heterocycles. The Hall–Kier alpha value is -0.790. The van der Waals surface area contributed by atoms with Crippen LogP contribution in [0, 0.1) is 13.8 Å². The van der Waals surface area contributed by atoms with Crippen LogP contribution >= 0.6 is 0 Å². The molecule has 1 aliphatic heterocycles. The van der Waals surface area contributed by atoms with Crippen LogP contribution in [0.3, 0.4) is 0 Å². The van der Waals surface area contributed by atoms with Crippen molar-refractivity contribution in [2.75, 3.05) is 0 Å². The topological polar surface area (TPSA) is 17.8 Å². The van der Waals surface area contributed by atoms with Crippen molar-refractivity contribution in [3.63, 3.8) is 0 Å². The van der Waals surface area contributed by atoms with Gasteiger partial charge < -0.3 is 4.57 Å². The quantitative estimate of drug-likeness (QED) is 0.575. The van der Waals surface area contributed by atoms with E-state index in [1.165, 1.54) is 36.6 Å². The second kappa shape index (κ2) is 2.61. The van der Waals surface area contributed by atoms with Crippen molar-refractivity contribution < 1.29 is 0 Å². The van der Waals surface area contributed by atoms with Crippen molar-refractivity contribution in [2.45, 2.75) is 46.1 Å². The molecule has 0 aromatic carbocycles. The molecule has 0 N–H and O–H groups in total. The molecule has 2 heteroatoms. The Balaban J connectivity index is 2.52. The van der Waals surface area contributed by atoms with Gasteiger partial charge in [0.15, 0.2) is 0 Å². The maximum Gasteiger partial charge on any atom is 0.112 e. The third kappa shape index (κ3) is 0.977. The van der Waals surface area contributed by atoms with Gasteiger partial charge in [0.05, 0.1) is 5.69 Å². The summed E-state index contributed by atoms with van der Waals surface area (Å²) >= 11 is 0. The van der Waals surface area contributed by atoms with E-state index >= 15 is 0 Å². The number of aromatic nitrogens is 2. The first-order valence-corrected chi connectivity index (χ1v) is 4.73. The van der Waals surface area contributed by atoms with E-state index < -0.39 is 0 Å². The highest BCUT2D eigenvalue weighted by Gasteiger charge is 2.20. The zero-order chi connectivity index (χ0) is 8.72. The van der Waals surface area contributed by atoms with Gasteiger partial charge in [-0.05, 0) is 26.7 Å². The summed E-state index contributed by atoms with van der Waals surface area (Å²) < 4.78 is 2.38. The van der Waals surface area contributed by atoms with Crippen LogP contribution in [0.4, 0.5) is 0 Å². The number of hydrogen-bond acceptors (Lipinski definition) is 1. The minimum absolute atomic E-state index is 0.658. The summed E-state index contributed by atoms with van der Waals surface area (Å²) in [6.07, 6.45) is 2.61. The maximum absolute atomic E-state index is 4.59. The molecule has 0 radical (unpaired) electrons. The molecular formula is C10H16N2. The van der Waals surface area contributed by atoms with Crippen LogP contribution in [0.15, 0.2) is 0 Å². The molecule has 0 amide bonds. The van der Waals surface area contributed by atoms with E-state index in [1.54, 1.807) is 0 Å². The third-order valence-corrected chi connectivity index (χ3v) is 2.95. The lowest BCUT2D eigenvalue weighted by Crippen LogP contribution is -2.14. The van der Waals surface area contributed by atoms with Crippen molar-refractivity contribution in [2.24, 2.45) is 0 Å². The van der Waals surface area contributed by atoms with Gasteiger partial charge in [0, 0.05) is 18.2 Å². The summed E-state index contributed by atoms with van der Waals surface area (Å²) in [5.41, 5.74) is 2.57. The first kappa shape index (κ1) is 7.84. The second-order valence-electron chi connectivity index (χ2n) is 3.84. The van der Waals surface area contributed by atoms with E-state index in [0.29, 0.717) is 5.92 Å². The molecule has 1 aliphatic rings. The Morgan fingerprint density at radius 1 is 1.42 bits per heavy atom. The number of nitrogens with zero attached hydrogens (tertiary/aromatic N) is 2. The summed E-state index contributed by atoms with van der Waals surface area (Å²) in [6, 6.07) is 0. The van der Waals surface area contributed by atoms with Crippen LogP contribution in [-0.2, 0) is 6.54 Å². The average molecular weight is 164 g/mol. The highest BCUT2D eigenvalue weighted by atomic mass is 15.1. The fourth-order valence-electron chi connectivity index (χ4n) is 2.02. The van der Waals surface area contributed by atoms with Gasteiger partial charge >= 0.3 is 0 Å². The van der Waals surface area contributed by atoms with E-state index in [-0.39, 0.29) is 0 Å². The predicted molar refractivity (Wildman–Crippen MR) is 49.4 cm³/mol. The highest BCUT2D eigenvalue weighted by Crippen LogP contribution is 2.27. The first-order chi connectivity index (χ1) is 5.70. The molecule has 0 saturated heterocycles. The Kier molecular flexibility index (Phi) is 1.71. The van der Waals surface area contributed by atoms with Gasteiger partial charge in [-0.25, -0.2) is 4.98 Å². The molecule has 1 atom stereocenters. The summed E-state index contributed by atoms with van der Waals surface area (Å²) in [6.45, 7) is 7.72. The van der Waals surface area contributed by atoms with Gasteiger partial charge in [-0.1, -0.05) is 6.92 Å². The zero-order valence-corrected chi connectivity index (χ0v) is 8.09. The molecule has 0 aliphatic carbocycles. The van der Waals surface area contributed by atoms with Gasteiger partial charge in [-0.15, -0.1) is 0 Å². The molecule has 1 aromatic rings. The van der Waals surface area contributed by atoms with Crippen LogP contribution in [-0.4, -0.2) is 9.55 Å². The van der Waals surface area contributed by atoms with Gasteiger partial charge in [-0.2, -0.15) is 0 Å². The first-order valence-electron chi connectivity index (χ1n) is 4.73. The van der Waals surface area contributed by atoms with E-state index in [9.17, 15) is 0 Å². The largest absolute Gasteiger partial charge is 0.332 e. The SMILES string of the molecule is Cc1nc2n(c1C)CCCC2C. The lowest BCUT2D eigenvalue weighted by atomic mass is 10.0. The fraction of sp³-hybridized carbons (Fsp3) is 0.700. The number of aryl methyl sites for hydroxylation is 1. The average Bonchev–Trinajstić information content (AvgIpc) is 2.32. The van der Waals surface area contributed by atoms with Gasteiger partial charge in [0.2, 0.25) is 0 Å². The Morgan fingerprint density at radius 3 is 2.83 bits per heavy atom. The molecule has 2 nitrogen and oxygen atoms in total. The molecule has 2 heterocycles. The standard InChI is InChI=1S/C10H16N2/c1-7-5-4-6-12-9(3)8(2)11-10(7)12/h7H,4-6H2,1-3H3. The highest BCUT2D eigenvalue weighted by molar-refractivity contribution is 5.17. The van der Waals surface area contributed by atoms with Crippen LogP contribution in [0.5, 0.6) is 0 Å². The number of rotatable bonds is 0. The van der Waals surface area contributed by atoms with Gasteiger partial charge in [0.25, 0.3) is 0 Å². The van der Waals surface area contributed by atoms with Crippen molar-refractivity contribution >= 4 is 0 Å². The summed E-state index contributed by atoms with van der Waals surface area (Å²) in [5, 5.41) is 0. The second-order valence-corrected chi connectivity index (χ2v) is 3.84. The summed E-state index contributed by atoms with van der Waals surface area (Å²) in [4.78, 5) is 4.59. The van der Waals surface area contributed by atoms with Crippen molar-refractivity contribution in [3.05, 3.63) is 17.2 Å². The minimum atomic E-state index is 0.658. The molecule has 66 valence electrons. The lowest BCUT2D eigenvalue weighted by Gasteiger charge is -2.20. The number of fused-ring (bicyclic) bond motifs is 1. The number of hydrogen-bond donors (Lipinski definition) is 0. The van der Waals surface area contributed by atoms with Crippen LogP contribution in [0.25, 0.3) is 0 Å². The van der Waals surface area contributed by atoms with E-state index in [4.69, 9.17) is 0 Å². The lowest BCUT2D eigenvalue weighted by molar-refractivity contribution is 0.458. The summed E-state index contributed by atoms with van der Waals surface area (Å²) in [5.74, 6) is 1.96. The molecule has 1 unspecified atom stereocenters. The minimum Gasteiger partial charge on any atom is -0.332 e. The Morgan fingerprint density at radius 2 is 2.17 bits per heavy atom. The molecule has 0 spiro atoms. The Labute approximate surface area is 73.6 Å². The van der Waals surface area contributed by atoms with Crippen LogP contribution in [0.1, 0.15) is 42.9 Å². The van der Waals surface area contributed by atoms with E-state index in [1.807, 2.05) is 0 Å².